The minimum Gasteiger partial charge on any atom is -0.495 e. The van der Waals surface area contributed by atoms with Gasteiger partial charge < -0.3 is 24.4 Å². The molecule has 260 valence electrons. The van der Waals surface area contributed by atoms with Crippen LogP contribution >= 0.6 is 23.2 Å². The first-order valence-electron chi connectivity index (χ1n) is 16.1. The first-order valence-corrected chi connectivity index (χ1v) is 16.9. The molecular weight excluding hydrogens is 683 g/mol. The van der Waals surface area contributed by atoms with E-state index in [0.717, 1.165) is 50.4 Å². The Morgan fingerprint density at radius 2 is 1.74 bits per heavy atom. The molecule has 50 heavy (non-hydrogen) atoms. The monoisotopic (exact) mass is 718 g/mol. The topological polar surface area (TPSA) is 145 Å². The number of methoxy groups -OCH3 is 2. The van der Waals surface area contributed by atoms with Gasteiger partial charge in [0.1, 0.15) is 11.8 Å². The molecule has 4 heterocycles. The van der Waals surface area contributed by atoms with Crippen molar-refractivity contribution in [3.05, 3.63) is 70.1 Å². The van der Waals surface area contributed by atoms with Gasteiger partial charge in [-0.05, 0) is 30.2 Å². The highest BCUT2D eigenvalue weighted by molar-refractivity contribution is 6.37. The number of rotatable bonds is 12. The van der Waals surface area contributed by atoms with Crippen molar-refractivity contribution in [3.8, 4) is 23.3 Å². The molecular formula is C35H36Cl2N8O5. The molecule has 0 aliphatic carbocycles. The SMILES string of the molecule is COc1cc(Nc2c(C#N)cnc3cc(OCCCN4CCN(Cc5ccncc5N5CCC(=O)NC5=O)CC4)c(OC)cc23)c(Cl)cc1Cl. The van der Waals surface area contributed by atoms with Gasteiger partial charge in [-0.1, -0.05) is 23.2 Å². The summed E-state index contributed by atoms with van der Waals surface area (Å²) in [5.41, 5.74) is 3.71. The van der Waals surface area contributed by atoms with Crippen molar-refractivity contribution in [1.29, 1.82) is 5.26 Å². The number of hydrogen-bond acceptors (Lipinski definition) is 11. The third kappa shape index (κ3) is 7.79. The number of nitriles is 1. The Morgan fingerprint density at radius 1 is 0.960 bits per heavy atom. The Labute approximate surface area is 299 Å². The second-order valence-electron chi connectivity index (χ2n) is 11.8. The molecule has 6 rings (SSSR count). The van der Waals surface area contributed by atoms with Gasteiger partial charge in [0.2, 0.25) is 5.91 Å². The average molecular weight is 720 g/mol. The molecule has 2 fully saturated rings. The fraction of sp³-hybridized carbons (Fsp3) is 0.343. The van der Waals surface area contributed by atoms with E-state index in [9.17, 15) is 14.9 Å². The molecule has 2 N–H and O–H groups in total. The van der Waals surface area contributed by atoms with E-state index in [2.05, 4.69) is 36.5 Å². The van der Waals surface area contributed by atoms with Crippen LogP contribution in [0.25, 0.3) is 10.9 Å². The third-order valence-electron chi connectivity index (χ3n) is 8.74. The second kappa shape index (κ2) is 15.8. The highest BCUT2D eigenvalue weighted by Crippen LogP contribution is 2.40. The van der Waals surface area contributed by atoms with Gasteiger partial charge in [-0.2, -0.15) is 5.26 Å². The highest BCUT2D eigenvalue weighted by Gasteiger charge is 2.27. The number of amides is 3. The maximum atomic E-state index is 12.4. The van der Waals surface area contributed by atoms with Crippen molar-refractivity contribution in [2.45, 2.75) is 19.4 Å². The number of imide groups is 1. The van der Waals surface area contributed by atoms with Crippen molar-refractivity contribution in [1.82, 2.24) is 25.1 Å². The van der Waals surface area contributed by atoms with E-state index in [4.69, 9.17) is 37.4 Å². The van der Waals surface area contributed by atoms with E-state index in [1.165, 1.54) is 13.3 Å². The van der Waals surface area contributed by atoms with E-state index in [1.54, 1.807) is 42.6 Å². The van der Waals surface area contributed by atoms with Crippen LogP contribution in [0.15, 0.2) is 48.9 Å². The summed E-state index contributed by atoms with van der Waals surface area (Å²) in [5, 5.41) is 16.9. The zero-order chi connectivity index (χ0) is 35.2. The number of hydrogen-bond donors (Lipinski definition) is 2. The lowest BCUT2D eigenvalue weighted by atomic mass is 10.1. The molecule has 0 unspecified atom stereocenters. The summed E-state index contributed by atoms with van der Waals surface area (Å²) in [4.78, 5) is 39.2. The second-order valence-corrected chi connectivity index (χ2v) is 12.7. The molecule has 15 heteroatoms. The number of nitrogens with one attached hydrogen (secondary N) is 2. The van der Waals surface area contributed by atoms with Crippen LogP contribution in [-0.4, -0.2) is 91.8 Å². The van der Waals surface area contributed by atoms with E-state index < -0.39 is 6.03 Å². The minimum atomic E-state index is -0.407. The van der Waals surface area contributed by atoms with Gasteiger partial charge >= 0.3 is 6.03 Å². The molecule has 3 amide bonds. The number of fused-ring (bicyclic) bond motifs is 1. The van der Waals surface area contributed by atoms with E-state index in [0.29, 0.717) is 74.8 Å². The van der Waals surface area contributed by atoms with Gasteiger partial charge in [-0.25, -0.2) is 4.79 Å². The summed E-state index contributed by atoms with van der Waals surface area (Å²) in [5.74, 6) is 1.25. The number of halogens is 2. The molecule has 0 saturated carbocycles. The fourth-order valence-corrected chi connectivity index (χ4v) is 6.58. The van der Waals surface area contributed by atoms with Gasteiger partial charge in [0.25, 0.3) is 0 Å². The smallest absolute Gasteiger partial charge is 0.328 e. The number of benzene rings is 2. The summed E-state index contributed by atoms with van der Waals surface area (Å²) in [7, 11) is 3.08. The van der Waals surface area contributed by atoms with Crippen LogP contribution in [0.2, 0.25) is 10.0 Å². The zero-order valence-electron chi connectivity index (χ0n) is 27.7. The molecule has 2 saturated heterocycles. The Balaban J connectivity index is 1.05. The lowest BCUT2D eigenvalue weighted by Crippen LogP contribution is -2.50. The van der Waals surface area contributed by atoms with E-state index in [1.807, 2.05) is 12.1 Å². The van der Waals surface area contributed by atoms with Crippen LogP contribution in [0.1, 0.15) is 24.0 Å². The van der Waals surface area contributed by atoms with Gasteiger partial charge in [-0.15, -0.1) is 0 Å². The number of ether oxygens (including phenoxy) is 3. The number of piperazine rings is 1. The number of carbonyl (C=O) groups excluding carboxylic acids is 2. The largest absolute Gasteiger partial charge is 0.495 e. The van der Waals surface area contributed by atoms with E-state index >= 15 is 0 Å². The zero-order valence-corrected chi connectivity index (χ0v) is 29.2. The number of nitrogens with zero attached hydrogens (tertiary/aromatic N) is 6. The molecule has 13 nitrogen and oxygen atoms in total. The summed E-state index contributed by atoms with van der Waals surface area (Å²) in [6.45, 7) is 5.96. The van der Waals surface area contributed by atoms with Crippen LogP contribution in [-0.2, 0) is 11.3 Å². The Kier molecular flexibility index (Phi) is 11.0. The normalized spacial score (nSPS) is 15.5. The highest BCUT2D eigenvalue weighted by atomic mass is 35.5. The van der Waals surface area contributed by atoms with Gasteiger partial charge in [0.05, 0.1) is 65.2 Å². The number of pyridine rings is 2. The summed E-state index contributed by atoms with van der Waals surface area (Å²) in [6.07, 6.45) is 6.01. The van der Waals surface area contributed by atoms with Crippen molar-refractivity contribution in [2.75, 3.05) is 70.3 Å². The van der Waals surface area contributed by atoms with Gasteiger partial charge in [0, 0.05) is 82.1 Å². The lowest BCUT2D eigenvalue weighted by Gasteiger charge is -2.35. The standard InChI is InChI=1S/C35H36Cl2N8O5/c1-48-30-17-28(25(36)15-26(30)37)41-34-23(18-38)19-40-27-16-32(31(49-2)14-24(27)34)50-13-3-7-43-9-11-44(12-10-43)21-22-4-6-39-20-29(22)45-8-5-33(46)42-35(45)47/h4,6,14-17,19-20H,3,5,7-13,21H2,1-2H3,(H,40,41)(H,42,46,47). The maximum absolute atomic E-state index is 12.4. The number of aromatic nitrogens is 2. The molecule has 2 aliphatic heterocycles. The predicted octanol–water partition coefficient (Wildman–Crippen LogP) is 5.60. The van der Waals surface area contributed by atoms with Crippen LogP contribution in [0.5, 0.6) is 17.2 Å². The first-order chi connectivity index (χ1) is 24.3. The molecule has 2 aromatic heterocycles. The molecule has 0 bridgehead atoms. The Morgan fingerprint density at radius 3 is 2.48 bits per heavy atom. The maximum Gasteiger partial charge on any atom is 0.328 e. The van der Waals surface area contributed by atoms with Crippen LogP contribution in [0.3, 0.4) is 0 Å². The molecule has 4 aromatic rings. The lowest BCUT2D eigenvalue weighted by molar-refractivity contribution is -0.120. The van der Waals surface area contributed by atoms with Crippen molar-refractivity contribution >= 4 is 63.1 Å². The van der Waals surface area contributed by atoms with Crippen molar-refractivity contribution < 1.29 is 23.8 Å². The Hall–Kier alpha value is -4.87. The Bertz CT molecular complexity index is 1950. The van der Waals surface area contributed by atoms with Crippen LogP contribution in [0.4, 0.5) is 21.9 Å². The quantitative estimate of drug-likeness (QED) is 0.177. The van der Waals surface area contributed by atoms with E-state index in [-0.39, 0.29) is 12.3 Å². The van der Waals surface area contributed by atoms with Crippen LogP contribution < -0.4 is 29.7 Å². The average Bonchev–Trinajstić information content (AvgIpc) is 3.12. The minimum absolute atomic E-state index is 0.257. The fourth-order valence-electron chi connectivity index (χ4n) is 6.08. The summed E-state index contributed by atoms with van der Waals surface area (Å²) in [6, 6.07) is 10.6. The first kappa shape index (κ1) is 35.0. The third-order valence-corrected chi connectivity index (χ3v) is 9.35. The molecule has 2 aromatic carbocycles. The number of anilines is 3. The van der Waals surface area contributed by atoms with Gasteiger partial charge in [0.15, 0.2) is 11.5 Å². The number of carbonyl (C=O) groups is 2. The molecule has 0 radical (unpaired) electrons. The molecule has 0 atom stereocenters. The number of urea groups is 1. The molecule has 2 aliphatic rings. The predicted molar refractivity (Wildman–Crippen MR) is 191 cm³/mol. The molecule has 0 spiro atoms. The van der Waals surface area contributed by atoms with Crippen molar-refractivity contribution in [2.24, 2.45) is 0 Å². The summed E-state index contributed by atoms with van der Waals surface area (Å²) >= 11 is 12.7. The van der Waals surface area contributed by atoms with Crippen molar-refractivity contribution in [3.63, 3.8) is 0 Å². The van der Waals surface area contributed by atoms with Gasteiger partial charge in [-0.3, -0.25) is 29.9 Å². The van der Waals surface area contributed by atoms with Crippen LogP contribution in [0, 0.1) is 11.3 Å². The summed E-state index contributed by atoms with van der Waals surface area (Å²) < 4.78 is 17.2.